The van der Waals surface area contributed by atoms with E-state index in [4.69, 9.17) is 0 Å². The summed E-state index contributed by atoms with van der Waals surface area (Å²) in [5.74, 6) is 0.699. The van der Waals surface area contributed by atoms with Crippen molar-refractivity contribution in [3.63, 3.8) is 0 Å². The molecule has 0 amide bonds. The van der Waals surface area contributed by atoms with Crippen LogP contribution in [0, 0.1) is 5.92 Å². The van der Waals surface area contributed by atoms with Gasteiger partial charge in [-0.25, -0.2) is 0 Å². The molecule has 8 heavy (non-hydrogen) atoms. The topological polar surface area (TPSA) is 12.4 Å². The Morgan fingerprint density at radius 1 is 1.38 bits per heavy atom. The summed E-state index contributed by atoms with van der Waals surface area (Å²) in [4.78, 5) is 4.24. The Balaban J connectivity index is 3.29. The predicted molar refractivity (Wildman–Crippen MR) is 38.5 cm³/mol. The first-order valence-electron chi connectivity index (χ1n) is 3.10. The van der Waals surface area contributed by atoms with E-state index in [0.717, 1.165) is 6.54 Å². The molecular formula is C7H15N. The zero-order valence-electron chi connectivity index (χ0n) is 6.23. The molecule has 0 rings (SSSR count). The highest BCUT2D eigenvalue weighted by Crippen LogP contribution is 1.91. The van der Waals surface area contributed by atoms with Crippen LogP contribution < -0.4 is 0 Å². The lowest BCUT2D eigenvalue weighted by Gasteiger charge is -1.96. The van der Waals surface area contributed by atoms with Gasteiger partial charge in [0.1, 0.15) is 0 Å². The molecule has 0 heterocycles. The smallest absolute Gasteiger partial charge is 0.0411 e. The van der Waals surface area contributed by atoms with Crippen molar-refractivity contribution in [1.29, 1.82) is 0 Å². The summed E-state index contributed by atoms with van der Waals surface area (Å²) >= 11 is 0. The van der Waals surface area contributed by atoms with Gasteiger partial charge in [-0.05, 0) is 19.8 Å². The first-order chi connectivity index (χ1) is 3.63. The van der Waals surface area contributed by atoms with Crippen molar-refractivity contribution < 1.29 is 0 Å². The van der Waals surface area contributed by atoms with Gasteiger partial charge in [0.05, 0.1) is 0 Å². The molecule has 48 valence electrons. The van der Waals surface area contributed by atoms with Crippen LogP contribution in [0.1, 0.15) is 27.7 Å². The summed E-state index contributed by atoms with van der Waals surface area (Å²) in [6, 6.07) is 0. The molecule has 0 atom stereocenters. The Hall–Kier alpha value is -0.330. The summed E-state index contributed by atoms with van der Waals surface area (Å²) in [6.45, 7) is 9.38. The van der Waals surface area contributed by atoms with E-state index in [1.54, 1.807) is 0 Å². The number of hydrogen-bond donors (Lipinski definition) is 0. The summed E-state index contributed by atoms with van der Waals surface area (Å²) < 4.78 is 0. The number of rotatable bonds is 2. The van der Waals surface area contributed by atoms with Crippen LogP contribution in [0.15, 0.2) is 4.99 Å². The van der Waals surface area contributed by atoms with E-state index in [1.165, 1.54) is 5.71 Å². The molecule has 0 saturated carbocycles. The Kier molecular flexibility index (Phi) is 3.49. The van der Waals surface area contributed by atoms with Crippen molar-refractivity contribution in [2.75, 3.05) is 6.54 Å². The van der Waals surface area contributed by atoms with Crippen molar-refractivity contribution in [3.8, 4) is 0 Å². The fourth-order valence-electron chi connectivity index (χ4n) is 0.365. The number of aliphatic imine (C=N–C) groups is 1. The molecule has 0 aromatic carbocycles. The second kappa shape index (κ2) is 3.65. The van der Waals surface area contributed by atoms with Gasteiger partial charge >= 0.3 is 0 Å². The van der Waals surface area contributed by atoms with Crippen molar-refractivity contribution in [3.05, 3.63) is 0 Å². The molecule has 0 N–H and O–H groups in total. The van der Waals surface area contributed by atoms with Gasteiger partial charge in [-0.3, -0.25) is 4.99 Å². The zero-order chi connectivity index (χ0) is 6.57. The van der Waals surface area contributed by atoms with Crippen LogP contribution in [0.5, 0.6) is 0 Å². The van der Waals surface area contributed by atoms with Crippen LogP contribution in [0.4, 0.5) is 0 Å². The van der Waals surface area contributed by atoms with E-state index in [0.29, 0.717) is 5.92 Å². The molecule has 0 aliphatic carbocycles. The van der Waals surface area contributed by atoms with Gasteiger partial charge in [0.15, 0.2) is 0 Å². The maximum Gasteiger partial charge on any atom is 0.0411 e. The number of hydrogen-bond acceptors (Lipinski definition) is 1. The molecule has 0 radical (unpaired) electrons. The highest BCUT2D eigenvalue weighted by atomic mass is 14.7. The van der Waals surface area contributed by atoms with Crippen LogP contribution in [-0.4, -0.2) is 12.3 Å². The SMILES string of the molecule is CC(C)=NCC(C)C. The minimum absolute atomic E-state index is 0.699. The highest BCUT2D eigenvalue weighted by Gasteiger charge is 1.87. The molecule has 0 aliphatic rings. The Bertz CT molecular complexity index is 78.4. The predicted octanol–water partition coefficient (Wildman–Crippen LogP) is 2.12. The van der Waals surface area contributed by atoms with Gasteiger partial charge in [0, 0.05) is 12.3 Å². The third kappa shape index (κ3) is 5.67. The molecular weight excluding hydrogens is 98.1 g/mol. The van der Waals surface area contributed by atoms with Crippen molar-refractivity contribution in [1.82, 2.24) is 0 Å². The average Bonchev–Trinajstić information content (AvgIpc) is 1.61. The maximum atomic E-state index is 4.24. The second-order valence-electron chi connectivity index (χ2n) is 2.68. The molecule has 1 heteroatoms. The first-order valence-corrected chi connectivity index (χ1v) is 3.10. The summed E-state index contributed by atoms with van der Waals surface area (Å²) in [5, 5.41) is 0. The highest BCUT2D eigenvalue weighted by molar-refractivity contribution is 5.79. The van der Waals surface area contributed by atoms with Crippen LogP contribution >= 0.6 is 0 Å². The monoisotopic (exact) mass is 113 g/mol. The molecule has 0 unspecified atom stereocenters. The minimum atomic E-state index is 0.699. The van der Waals surface area contributed by atoms with Crippen molar-refractivity contribution in [2.24, 2.45) is 10.9 Å². The van der Waals surface area contributed by atoms with Gasteiger partial charge in [0.25, 0.3) is 0 Å². The van der Waals surface area contributed by atoms with E-state index in [2.05, 4.69) is 18.8 Å². The third-order valence-corrected chi connectivity index (χ3v) is 0.773. The second-order valence-corrected chi connectivity index (χ2v) is 2.68. The largest absolute Gasteiger partial charge is 0.294 e. The summed E-state index contributed by atoms with van der Waals surface area (Å²) in [5.41, 5.74) is 1.18. The average molecular weight is 113 g/mol. The van der Waals surface area contributed by atoms with Crippen LogP contribution in [0.2, 0.25) is 0 Å². The van der Waals surface area contributed by atoms with Crippen LogP contribution in [0.3, 0.4) is 0 Å². The lowest BCUT2D eigenvalue weighted by Crippen LogP contribution is -1.94. The van der Waals surface area contributed by atoms with Crippen molar-refractivity contribution in [2.45, 2.75) is 27.7 Å². The molecule has 0 aliphatic heterocycles. The van der Waals surface area contributed by atoms with Gasteiger partial charge < -0.3 is 0 Å². The fourth-order valence-corrected chi connectivity index (χ4v) is 0.365. The molecule has 0 bridgehead atoms. The molecule has 0 aromatic rings. The molecule has 0 spiro atoms. The molecule has 1 nitrogen and oxygen atoms in total. The van der Waals surface area contributed by atoms with Gasteiger partial charge in [0.2, 0.25) is 0 Å². The third-order valence-electron chi connectivity index (χ3n) is 0.773. The zero-order valence-corrected chi connectivity index (χ0v) is 6.23. The van der Waals surface area contributed by atoms with E-state index >= 15 is 0 Å². The normalized spacial score (nSPS) is 9.62. The standard InChI is InChI=1S/C7H15N/c1-6(2)5-8-7(3)4/h6H,5H2,1-4H3. The molecule has 0 saturated heterocycles. The van der Waals surface area contributed by atoms with E-state index < -0.39 is 0 Å². The Morgan fingerprint density at radius 3 is 2.00 bits per heavy atom. The maximum absolute atomic E-state index is 4.24. The first kappa shape index (κ1) is 7.67. The van der Waals surface area contributed by atoms with E-state index in [1.807, 2.05) is 13.8 Å². The molecule has 0 fully saturated rings. The lowest BCUT2D eigenvalue weighted by atomic mass is 10.2. The van der Waals surface area contributed by atoms with E-state index in [-0.39, 0.29) is 0 Å². The van der Waals surface area contributed by atoms with E-state index in [9.17, 15) is 0 Å². The number of nitrogens with zero attached hydrogens (tertiary/aromatic N) is 1. The Morgan fingerprint density at radius 2 is 1.88 bits per heavy atom. The van der Waals surface area contributed by atoms with Gasteiger partial charge in [-0.15, -0.1) is 0 Å². The minimum Gasteiger partial charge on any atom is -0.294 e. The quantitative estimate of drug-likeness (QED) is 0.486. The van der Waals surface area contributed by atoms with Crippen LogP contribution in [-0.2, 0) is 0 Å². The van der Waals surface area contributed by atoms with Crippen molar-refractivity contribution >= 4 is 5.71 Å². The van der Waals surface area contributed by atoms with Crippen LogP contribution in [0.25, 0.3) is 0 Å². The Labute approximate surface area is 51.8 Å². The summed E-state index contributed by atoms with van der Waals surface area (Å²) in [7, 11) is 0. The van der Waals surface area contributed by atoms with Gasteiger partial charge in [-0.2, -0.15) is 0 Å². The van der Waals surface area contributed by atoms with Gasteiger partial charge in [-0.1, -0.05) is 13.8 Å². The lowest BCUT2D eigenvalue weighted by molar-refractivity contribution is 0.665. The summed E-state index contributed by atoms with van der Waals surface area (Å²) in [6.07, 6.45) is 0. The molecule has 0 aromatic heterocycles. The fraction of sp³-hybridized carbons (Fsp3) is 0.857.